The van der Waals surface area contributed by atoms with Crippen LogP contribution in [0.1, 0.15) is 31.1 Å². The average molecular weight is 369 g/mol. The lowest BCUT2D eigenvalue weighted by Crippen LogP contribution is -2.47. The van der Waals surface area contributed by atoms with E-state index in [0.717, 1.165) is 31.9 Å². The number of methoxy groups -OCH3 is 1. The molecule has 0 bridgehead atoms. The largest absolute Gasteiger partial charge is 0.497 e. The van der Waals surface area contributed by atoms with Crippen molar-refractivity contribution in [3.05, 3.63) is 42.2 Å². The van der Waals surface area contributed by atoms with E-state index in [2.05, 4.69) is 37.2 Å². The van der Waals surface area contributed by atoms with Gasteiger partial charge in [-0.25, -0.2) is 9.97 Å². The quantitative estimate of drug-likeness (QED) is 0.892. The van der Waals surface area contributed by atoms with E-state index in [9.17, 15) is 4.79 Å². The van der Waals surface area contributed by atoms with Crippen LogP contribution >= 0.6 is 0 Å². The Balaban J connectivity index is 1.58. The van der Waals surface area contributed by atoms with E-state index in [-0.39, 0.29) is 11.4 Å². The van der Waals surface area contributed by atoms with Gasteiger partial charge >= 0.3 is 0 Å². The normalized spacial score (nSPS) is 14.8. The molecule has 1 fully saturated rings. The average Bonchev–Trinajstić information content (AvgIpc) is 2.67. The number of piperazine rings is 1. The minimum Gasteiger partial charge on any atom is -0.497 e. The van der Waals surface area contributed by atoms with Crippen molar-refractivity contribution >= 4 is 17.5 Å². The number of nitrogens with one attached hydrogen (secondary N) is 1. The zero-order valence-corrected chi connectivity index (χ0v) is 16.4. The van der Waals surface area contributed by atoms with Crippen molar-refractivity contribution in [1.29, 1.82) is 0 Å². The van der Waals surface area contributed by atoms with Crippen molar-refractivity contribution in [2.45, 2.75) is 26.3 Å². The predicted octanol–water partition coefficient (Wildman–Crippen LogP) is 2.34. The summed E-state index contributed by atoms with van der Waals surface area (Å²) in [5.41, 5.74) is 1.38. The lowest BCUT2D eigenvalue weighted by molar-refractivity contribution is 0.0919. The van der Waals surface area contributed by atoms with Gasteiger partial charge in [0.2, 0.25) is 5.95 Å². The van der Waals surface area contributed by atoms with Crippen LogP contribution in [0.15, 0.2) is 36.7 Å². The highest BCUT2D eigenvalue weighted by molar-refractivity contribution is 5.94. The fourth-order valence-electron chi connectivity index (χ4n) is 2.97. The molecule has 0 radical (unpaired) electrons. The third-order valence-electron chi connectivity index (χ3n) is 4.39. The third kappa shape index (κ3) is 4.87. The molecule has 0 saturated carbocycles. The molecule has 7 heteroatoms. The summed E-state index contributed by atoms with van der Waals surface area (Å²) in [5, 5.41) is 2.92. The Morgan fingerprint density at radius 3 is 2.07 bits per heavy atom. The summed E-state index contributed by atoms with van der Waals surface area (Å²) in [5.74, 6) is 1.37. The number of rotatable bonds is 4. The van der Waals surface area contributed by atoms with Gasteiger partial charge < -0.3 is 19.9 Å². The maximum absolute atomic E-state index is 12.2. The van der Waals surface area contributed by atoms with Gasteiger partial charge in [0.25, 0.3) is 5.91 Å². The van der Waals surface area contributed by atoms with Crippen LogP contribution in [0.5, 0.6) is 5.75 Å². The number of carbonyl (C=O) groups is 1. The molecule has 1 aromatic carbocycles. The second-order valence-electron chi connectivity index (χ2n) is 7.65. The van der Waals surface area contributed by atoms with Crippen LogP contribution in [-0.4, -0.2) is 54.7 Å². The van der Waals surface area contributed by atoms with E-state index in [1.165, 1.54) is 5.69 Å². The summed E-state index contributed by atoms with van der Waals surface area (Å²) in [6, 6.07) is 8.11. The highest BCUT2D eigenvalue weighted by Crippen LogP contribution is 2.21. The summed E-state index contributed by atoms with van der Waals surface area (Å²) in [6.07, 6.45) is 3.19. The fourth-order valence-corrected chi connectivity index (χ4v) is 2.97. The van der Waals surface area contributed by atoms with Crippen molar-refractivity contribution in [3.63, 3.8) is 0 Å². The predicted molar refractivity (Wildman–Crippen MR) is 107 cm³/mol. The highest BCUT2D eigenvalue weighted by atomic mass is 16.5. The zero-order chi connectivity index (χ0) is 19.4. The Hall–Kier alpha value is -2.83. The third-order valence-corrected chi connectivity index (χ3v) is 4.39. The molecule has 3 rings (SSSR count). The summed E-state index contributed by atoms with van der Waals surface area (Å²) >= 11 is 0. The molecule has 1 aromatic heterocycles. The van der Waals surface area contributed by atoms with Gasteiger partial charge in [0, 0.05) is 49.8 Å². The summed E-state index contributed by atoms with van der Waals surface area (Å²) in [6.45, 7) is 9.29. The molecule has 0 unspecified atom stereocenters. The Labute approximate surface area is 160 Å². The number of anilines is 2. The first-order valence-electron chi connectivity index (χ1n) is 9.14. The number of hydrogen-bond donors (Lipinski definition) is 1. The number of ether oxygens (including phenoxy) is 1. The minimum absolute atomic E-state index is 0.154. The minimum atomic E-state index is -0.284. The molecule has 0 spiro atoms. The van der Waals surface area contributed by atoms with Crippen molar-refractivity contribution < 1.29 is 9.53 Å². The molecule has 0 aliphatic carbocycles. The molecule has 1 N–H and O–H groups in total. The molecule has 144 valence electrons. The molecule has 1 aliphatic heterocycles. The number of nitrogens with zero attached hydrogens (tertiary/aromatic N) is 4. The van der Waals surface area contributed by atoms with Crippen molar-refractivity contribution in [1.82, 2.24) is 15.3 Å². The Bertz CT molecular complexity index is 760. The van der Waals surface area contributed by atoms with Gasteiger partial charge in [-0.3, -0.25) is 4.79 Å². The Kier molecular flexibility index (Phi) is 5.48. The van der Waals surface area contributed by atoms with Crippen molar-refractivity contribution in [3.8, 4) is 5.75 Å². The fraction of sp³-hybridized carbons (Fsp3) is 0.450. The second kappa shape index (κ2) is 7.82. The molecular formula is C20H27N5O2. The van der Waals surface area contributed by atoms with Gasteiger partial charge in [0.15, 0.2) is 0 Å². The standard InChI is InChI=1S/C20H27N5O2/c1-20(2,3)23-18(26)15-13-21-19(22-14-15)25-11-9-24(10-12-25)16-5-7-17(27-4)8-6-16/h5-8,13-14H,9-12H2,1-4H3,(H,23,26). The van der Waals surface area contributed by atoms with E-state index in [1.807, 2.05) is 32.9 Å². The molecule has 7 nitrogen and oxygen atoms in total. The second-order valence-corrected chi connectivity index (χ2v) is 7.65. The number of benzene rings is 1. The van der Waals surface area contributed by atoms with Crippen LogP contribution in [0, 0.1) is 0 Å². The number of hydrogen-bond acceptors (Lipinski definition) is 6. The van der Waals surface area contributed by atoms with Crippen LogP contribution < -0.4 is 19.9 Å². The van der Waals surface area contributed by atoms with Crippen LogP contribution in [-0.2, 0) is 0 Å². The van der Waals surface area contributed by atoms with Gasteiger partial charge in [-0.15, -0.1) is 0 Å². The molecule has 1 saturated heterocycles. The zero-order valence-electron chi connectivity index (χ0n) is 16.4. The lowest BCUT2D eigenvalue weighted by Gasteiger charge is -2.36. The Morgan fingerprint density at radius 2 is 1.56 bits per heavy atom. The van der Waals surface area contributed by atoms with E-state index >= 15 is 0 Å². The number of aromatic nitrogens is 2. The van der Waals surface area contributed by atoms with E-state index in [0.29, 0.717) is 11.5 Å². The SMILES string of the molecule is COc1ccc(N2CCN(c3ncc(C(=O)NC(C)(C)C)cn3)CC2)cc1. The van der Waals surface area contributed by atoms with Gasteiger partial charge in [0.1, 0.15) is 5.75 Å². The van der Waals surface area contributed by atoms with Crippen LogP contribution in [0.3, 0.4) is 0 Å². The number of amides is 1. The van der Waals surface area contributed by atoms with Crippen LogP contribution in [0.2, 0.25) is 0 Å². The molecule has 1 aliphatic rings. The van der Waals surface area contributed by atoms with E-state index < -0.39 is 0 Å². The highest BCUT2D eigenvalue weighted by Gasteiger charge is 2.20. The van der Waals surface area contributed by atoms with Gasteiger partial charge in [-0.05, 0) is 45.0 Å². The first-order chi connectivity index (χ1) is 12.9. The molecule has 27 heavy (non-hydrogen) atoms. The first-order valence-corrected chi connectivity index (χ1v) is 9.14. The summed E-state index contributed by atoms with van der Waals surface area (Å²) in [7, 11) is 1.67. The van der Waals surface area contributed by atoms with Gasteiger partial charge in [0.05, 0.1) is 12.7 Å². The van der Waals surface area contributed by atoms with Crippen molar-refractivity contribution in [2.24, 2.45) is 0 Å². The molecular weight excluding hydrogens is 342 g/mol. The van der Waals surface area contributed by atoms with Crippen LogP contribution in [0.4, 0.5) is 11.6 Å². The summed E-state index contributed by atoms with van der Waals surface area (Å²) < 4.78 is 5.21. The van der Waals surface area contributed by atoms with Crippen LogP contribution in [0.25, 0.3) is 0 Å². The molecule has 1 amide bonds. The van der Waals surface area contributed by atoms with Gasteiger partial charge in [-0.1, -0.05) is 0 Å². The first kappa shape index (κ1) is 18.9. The van der Waals surface area contributed by atoms with E-state index in [1.54, 1.807) is 19.5 Å². The molecule has 2 heterocycles. The monoisotopic (exact) mass is 369 g/mol. The topological polar surface area (TPSA) is 70.6 Å². The smallest absolute Gasteiger partial charge is 0.254 e. The maximum Gasteiger partial charge on any atom is 0.254 e. The lowest BCUT2D eigenvalue weighted by atomic mass is 10.1. The molecule has 2 aromatic rings. The molecule has 0 atom stereocenters. The van der Waals surface area contributed by atoms with E-state index in [4.69, 9.17) is 4.74 Å². The maximum atomic E-state index is 12.2. The number of carbonyl (C=O) groups excluding carboxylic acids is 1. The van der Waals surface area contributed by atoms with Crippen molar-refractivity contribution in [2.75, 3.05) is 43.1 Å². The van der Waals surface area contributed by atoms with Gasteiger partial charge in [-0.2, -0.15) is 0 Å². The summed E-state index contributed by atoms with van der Waals surface area (Å²) in [4.78, 5) is 25.4. The Morgan fingerprint density at radius 1 is 1.00 bits per heavy atom.